The lowest BCUT2D eigenvalue weighted by Crippen LogP contribution is -2.38. The van der Waals surface area contributed by atoms with E-state index in [2.05, 4.69) is 12.1 Å². The molecule has 0 amide bonds. The van der Waals surface area contributed by atoms with E-state index in [0.29, 0.717) is 26.4 Å². The van der Waals surface area contributed by atoms with Crippen molar-refractivity contribution < 1.29 is 18.7 Å². The smallest absolute Gasteiger partial charge is 0.337 e. The first-order valence-electron chi connectivity index (χ1n) is 12.9. The third-order valence-electron chi connectivity index (χ3n) is 7.44. The first-order valence-corrected chi connectivity index (χ1v) is 14.1. The number of aryl methyl sites for hydroxylation is 1. The van der Waals surface area contributed by atoms with Crippen molar-refractivity contribution in [3.05, 3.63) is 143 Å². The average molecular weight is 583 g/mol. The third kappa shape index (κ3) is 4.36. The highest BCUT2D eigenvalue weighted by molar-refractivity contribution is 7.07. The van der Waals surface area contributed by atoms with Gasteiger partial charge in [-0.2, -0.15) is 0 Å². The molecule has 0 bridgehead atoms. The summed E-state index contributed by atoms with van der Waals surface area (Å²) < 4.78 is 22.0. The molecule has 1 N–H and O–H groups in total. The Bertz CT molecular complexity index is 2090. The summed E-state index contributed by atoms with van der Waals surface area (Å²) in [4.78, 5) is 30.7. The summed E-state index contributed by atoms with van der Waals surface area (Å²) in [6.45, 7) is 0. The number of benzene rings is 3. The molecule has 9 heteroatoms. The van der Waals surface area contributed by atoms with Crippen molar-refractivity contribution in [2.75, 3.05) is 0 Å². The van der Waals surface area contributed by atoms with Gasteiger partial charge in [-0.25, -0.2) is 14.2 Å². The van der Waals surface area contributed by atoms with Crippen LogP contribution < -0.4 is 14.9 Å². The van der Waals surface area contributed by atoms with E-state index in [1.807, 2.05) is 12.1 Å². The molecule has 1 atom stereocenters. The minimum atomic E-state index is -1.11. The Morgan fingerprint density at radius 1 is 1.07 bits per heavy atom. The molecule has 6 nitrogen and oxygen atoms in total. The number of rotatable bonds is 4. The van der Waals surface area contributed by atoms with Gasteiger partial charge in [0.25, 0.3) is 5.56 Å². The number of hydrogen-bond acceptors (Lipinski definition) is 5. The molecule has 202 valence electrons. The lowest BCUT2D eigenvalue weighted by atomic mass is 9.83. The maximum absolute atomic E-state index is 13.9. The van der Waals surface area contributed by atoms with E-state index < -0.39 is 12.0 Å². The van der Waals surface area contributed by atoms with Crippen LogP contribution in [0.15, 0.2) is 98.6 Å². The average Bonchev–Trinajstić information content (AvgIpc) is 3.56. The number of thiazole rings is 1. The van der Waals surface area contributed by atoms with Crippen LogP contribution in [-0.2, 0) is 6.42 Å². The van der Waals surface area contributed by atoms with Gasteiger partial charge < -0.3 is 9.52 Å². The number of carboxylic acids is 1. The molecule has 0 fully saturated rings. The lowest BCUT2D eigenvalue weighted by Gasteiger charge is -2.30. The number of nitrogens with zero attached hydrogens (tertiary/aromatic N) is 2. The number of carboxylic acid groups (broad SMARTS) is 1. The first-order chi connectivity index (χ1) is 19.9. The second-order valence-electron chi connectivity index (χ2n) is 9.87. The number of aromatic carboxylic acids is 1. The van der Waals surface area contributed by atoms with Gasteiger partial charge in [0.2, 0.25) is 0 Å². The minimum Gasteiger partial charge on any atom is -0.478 e. The normalized spacial score (nSPS) is 16.1. The van der Waals surface area contributed by atoms with Crippen molar-refractivity contribution in [3.8, 4) is 11.3 Å². The molecule has 0 unspecified atom stereocenters. The summed E-state index contributed by atoms with van der Waals surface area (Å²) in [7, 11) is 0. The highest BCUT2D eigenvalue weighted by atomic mass is 35.5. The summed E-state index contributed by atoms with van der Waals surface area (Å²) in [5, 5.41) is 9.34. The monoisotopic (exact) mass is 582 g/mol. The SMILES string of the molecule is O=C(O)c1ccc(-c2ccc(C=c3sc4n(c3=O)[C@H](c3ccc(F)cc3)C3=C(N=4)c4ccccc4CC3)o2)cc1Cl. The fourth-order valence-corrected chi connectivity index (χ4v) is 6.77. The second-order valence-corrected chi connectivity index (χ2v) is 11.3. The van der Waals surface area contributed by atoms with E-state index in [1.54, 1.807) is 41.0 Å². The van der Waals surface area contributed by atoms with Crippen molar-refractivity contribution in [3.63, 3.8) is 0 Å². The summed E-state index contributed by atoms with van der Waals surface area (Å²) in [6, 6.07) is 22.1. The zero-order chi connectivity index (χ0) is 28.2. The van der Waals surface area contributed by atoms with Crippen LogP contribution in [0.5, 0.6) is 0 Å². The van der Waals surface area contributed by atoms with Gasteiger partial charge in [0.15, 0.2) is 4.80 Å². The highest BCUT2D eigenvalue weighted by Crippen LogP contribution is 2.41. The van der Waals surface area contributed by atoms with Crippen LogP contribution in [0.1, 0.15) is 45.3 Å². The minimum absolute atomic E-state index is 0.00401. The van der Waals surface area contributed by atoms with E-state index in [9.17, 15) is 19.1 Å². The molecule has 3 heterocycles. The molecule has 1 aliphatic heterocycles. The van der Waals surface area contributed by atoms with Crippen molar-refractivity contribution in [1.29, 1.82) is 0 Å². The third-order valence-corrected chi connectivity index (χ3v) is 8.74. The molecule has 0 saturated heterocycles. The van der Waals surface area contributed by atoms with Gasteiger partial charge in [-0.05, 0) is 65.9 Å². The Morgan fingerprint density at radius 2 is 1.88 bits per heavy atom. The van der Waals surface area contributed by atoms with Crippen molar-refractivity contribution in [1.82, 2.24) is 4.57 Å². The molecule has 2 aliphatic rings. The van der Waals surface area contributed by atoms with Gasteiger partial charge in [-0.1, -0.05) is 65.4 Å². The van der Waals surface area contributed by atoms with Gasteiger partial charge in [-0.3, -0.25) is 9.36 Å². The second kappa shape index (κ2) is 9.83. The lowest BCUT2D eigenvalue weighted by molar-refractivity contribution is 0.0697. The maximum Gasteiger partial charge on any atom is 0.337 e. The fourth-order valence-electron chi connectivity index (χ4n) is 5.52. The molecule has 0 spiro atoms. The largest absolute Gasteiger partial charge is 0.478 e. The molecular weight excluding hydrogens is 563 g/mol. The number of furan rings is 1. The number of halogens is 2. The summed E-state index contributed by atoms with van der Waals surface area (Å²) >= 11 is 7.41. The first kappa shape index (κ1) is 25.4. The standard InChI is InChI=1S/C32H20ClFN2O4S/c33-25-15-19(8-12-23(25)31(38)39)26-14-11-21(40-26)16-27-30(37)36-29(18-5-9-20(34)10-6-18)24-13-7-17-3-1-2-4-22(17)28(24)35-32(36)41-27/h1-6,8-12,14-16,29H,7,13H2,(H,38,39)/t29-/m1/s1. The van der Waals surface area contributed by atoms with E-state index in [-0.39, 0.29) is 22.0 Å². The van der Waals surface area contributed by atoms with Crippen molar-refractivity contribution >= 4 is 40.7 Å². The number of allylic oxidation sites excluding steroid dienone is 1. The highest BCUT2D eigenvalue weighted by Gasteiger charge is 2.32. The molecule has 5 aromatic rings. The van der Waals surface area contributed by atoms with Gasteiger partial charge in [0.1, 0.15) is 17.3 Å². The van der Waals surface area contributed by atoms with Crippen LogP contribution in [0.25, 0.3) is 23.1 Å². The molecule has 7 rings (SSSR count). The molecule has 1 aliphatic carbocycles. The molecule has 3 aromatic carbocycles. The summed E-state index contributed by atoms with van der Waals surface area (Å²) in [5.74, 6) is -0.506. The van der Waals surface area contributed by atoms with Gasteiger partial charge in [0, 0.05) is 17.2 Å². The predicted octanol–water partition coefficient (Wildman–Crippen LogP) is 6.07. The van der Waals surface area contributed by atoms with E-state index >= 15 is 0 Å². The van der Waals surface area contributed by atoms with Gasteiger partial charge in [0.05, 0.1) is 26.9 Å². The Kier molecular flexibility index (Phi) is 6.10. The Labute approximate surface area is 241 Å². The summed E-state index contributed by atoms with van der Waals surface area (Å²) in [6.07, 6.45) is 3.25. The van der Waals surface area contributed by atoms with Gasteiger partial charge in [-0.15, -0.1) is 0 Å². The van der Waals surface area contributed by atoms with E-state index in [0.717, 1.165) is 35.2 Å². The molecule has 41 heavy (non-hydrogen) atoms. The van der Waals surface area contributed by atoms with E-state index in [1.165, 1.54) is 41.2 Å². The quantitative estimate of drug-likeness (QED) is 0.279. The van der Waals surface area contributed by atoms with Crippen LogP contribution >= 0.6 is 22.9 Å². The number of aromatic nitrogens is 1. The molecule has 2 aromatic heterocycles. The summed E-state index contributed by atoms with van der Waals surface area (Å²) in [5.41, 5.74) is 5.41. The fraction of sp³-hybridized carbons (Fsp3) is 0.0938. The van der Waals surface area contributed by atoms with Crippen LogP contribution in [0.3, 0.4) is 0 Å². The predicted molar refractivity (Wildman–Crippen MR) is 155 cm³/mol. The Morgan fingerprint density at radius 3 is 2.66 bits per heavy atom. The van der Waals surface area contributed by atoms with Crippen LogP contribution in [0.4, 0.5) is 4.39 Å². The van der Waals surface area contributed by atoms with E-state index in [4.69, 9.17) is 21.0 Å². The number of hydrogen-bond donors (Lipinski definition) is 1. The Hall–Kier alpha value is -4.53. The van der Waals surface area contributed by atoms with Crippen molar-refractivity contribution in [2.24, 2.45) is 4.99 Å². The zero-order valence-corrected chi connectivity index (χ0v) is 22.9. The van der Waals surface area contributed by atoms with Crippen molar-refractivity contribution in [2.45, 2.75) is 18.9 Å². The van der Waals surface area contributed by atoms with Crippen LogP contribution in [0, 0.1) is 5.82 Å². The van der Waals surface area contributed by atoms with Crippen LogP contribution in [-0.4, -0.2) is 15.6 Å². The van der Waals surface area contributed by atoms with Crippen LogP contribution in [0.2, 0.25) is 5.02 Å². The topological polar surface area (TPSA) is 84.8 Å². The molecular formula is C32H20ClFN2O4S. The zero-order valence-electron chi connectivity index (χ0n) is 21.3. The Balaban J connectivity index is 1.36. The van der Waals surface area contributed by atoms with Gasteiger partial charge >= 0.3 is 5.97 Å². The number of fused-ring (bicyclic) bond motifs is 3. The molecule has 0 radical (unpaired) electrons. The number of carbonyl (C=O) groups is 1. The molecule has 0 saturated carbocycles. The maximum atomic E-state index is 13.9.